The van der Waals surface area contributed by atoms with Gasteiger partial charge in [0.05, 0.1) is 6.54 Å². The topological polar surface area (TPSA) is 176 Å². The SMILES string of the molecule is C[C@@H](/C=C/C(=O)c1cccc(NCC2NN=C(c3ccncn3)N2C)c1)c1cccc(C(=O)N2CC(CN3CCN(c4ccc5c(c4)CN(C4CCC(=O)NC4=O)C5=O)CC3)C2)c1. The zero-order valence-corrected chi connectivity index (χ0v) is 35.4. The largest absolute Gasteiger partial charge is 0.381 e. The molecule has 4 amide bonds. The van der Waals surface area contributed by atoms with E-state index in [4.69, 9.17) is 0 Å². The average Bonchev–Trinajstić information content (AvgIpc) is 3.83. The van der Waals surface area contributed by atoms with Gasteiger partial charge in [-0.05, 0) is 78.1 Å². The van der Waals surface area contributed by atoms with E-state index in [0.717, 1.165) is 79.8 Å². The Labute approximate surface area is 366 Å². The first-order chi connectivity index (χ1) is 30.6. The number of piperidine rings is 1. The fourth-order valence-corrected chi connectivity index (χ4v) is 9.03. The lowest BCUT2D eigenvalue weighted by Gasteiger charge is -2.44. The Balaban J connectivity index is 0.712. The molecule has 1 aromatic heterocycles. The second-order valence-corrected chi connectivity index (χ2v) is 17.0. The molecule has 5 aliphatic heterocycles. The van der Waals surface area contributed by atoms with Crippen LogP contribution < -0.4 is 21.0 Å². The summed E-state index contributed by atoms with van der Waals surface area (Å²) in [7, 11) is 1.95. The molecule has 16 heteroatoms. The molecule has 3 fully saturated rings. The van der Waals surface area contributed by atoms with Gasteiger partial charge in [-0.25, -0.2) is 9.97 Å². The zero-order chi connectivity index (χ0) is 43.6. The number of anilines is 2. The Morgan fingerprint density at radius 1 is 0.952 bits per heavy atom. The minimum absolute atomic E-state index is 0.0246. The molecule has 3 saturated heterocycles. The summed E-state index contributed by atoms with van der Waals surface area (Å²) in [5, 5.41) is 10.2. The van der Waals surface area contributed by atoms with Crippen molar-refractivity contribution in [2.75, 3.05) is 69.6 Å². The molecule has 3 N–H and O–H groups in total. The van der Waals surface area contributed by atoms with Gasteiger partial charge < -0.3 is 24.9 Å². The molecule has 3 aromatic carbocycles. The molecule has 3 atom stereocenters. The number of hydrogen-bond donors (Lipinski definition) is 3. The molecule has 16 nitrogen and oxygen atoms in total. The third-order valence-corrected chi connectivity index (χ3v) is 12.8. The van der Waals surface area contributed by atoms with Crippen LogP contribution in [0, 0.1) is 5.92 Å². The molecule has 2 unspecified atom stereocenters. The molecular formula is C47H51N11O5. The van der Waals surface area contributed by atoms with Crippen molar-refractivity contribution >= 4 is 46.6 Å². The molecule has 5 aliphatic rings. The highest BCUT2D eigenvalue weighted by Crippen LogP contribution is 2.31. The van der Waals surface area contributed by atoms with Gasteiger partial charge in [-0.3, -0.25) is 39.6 Å². The van der Waals surface area contributed by atoms with Gasteiger partial charge in [0.15, 0.2) is 11.6 Å². The van der Waals surface area contributed by atoms with E-state index in [1.807, 2.05) is 90.5 Å². The number of hydrogen-bond acceptors (Lipinski definition) is 13. The standard InChI is InChI=1S/C47H51N11O5/c1-30(9-13-41(59)33-6-4-8-36(22-33)49-24-42-52-53-44(54(42)2)39-15-16-48-29-50-39)32-5-3-7-34(21-32)46(62)57-26-31(27-57)25-55-17-19-56(20-18-55)37-10-11-38-35(23-37)28-58(47(38)63)40-12-14-43(60)51-45(40)61/h3-11,13,15-16,21-23,29-31,40,42,49,52H,12,14,17-20,24-28H2,1-2H3,(H,51,60,61)/b13-9+/t30-,40?,42?/m0/s1. The van der Waals surface area contributed by atoms with Crippen molar-refractivity contribution in [3.8, 4) is 0 Å². The zero-order valence-electron chi connectivity index (χ0n) is 35.4. The number of aromatic nitrogens is 2. The number of likely N-dealkylation sites (tertiary alicyclic amines) is 1. The number of allylic oxidation sites excluding steroid dienone is 2. The number of rotatable bonds is 13. The van der Waals surface area contributed by atoms with Gasteiger partial charge in [0.25, 0.3) is 11.8 Å². The minimum Gasteiger partial charge on any atom is -0.381 e. The predicted octanol–water partition coefficient (Wildman–Crippen LogP) is 3.31. The Morgan fingerprint density at radius 2 is 1.76 bits per heavy atom. The van der Waals surface area contributed by atoms with Crippen molar-refractivity contribution in [3.63, 3.8) is 0 Å². The number of fused-ring (bicyclic) bond motifs is 1. The maximum absolute atomic E-state index is 13.6. The number of carbonyl (C=O) groups excluding carboxylic acids is 5. The van der Waals surface area contributed by atoms with E-state index < -0.39 is 11.9 Å². The Bertz CT molecular complexity index is 2480. The number of benzene rings is 3. The number of amidine groups is 1. The molecule has 324 valence electrons. The van der Waals surface area contributed by atoms with Crippen LogP contribution in [0.3, 0.4) is 0 Å². The predicted molar refractivity (Wildman–Crippen MR) is 237 cm³/mol. The summed E-state index contributed by atoms with van der Waals surface area (Å²) in [6.45, 7) is 8.82. The van der Waals surface area contributed by atoms with E-state index >= 15 is 0 Å². The number of hydrazone groups is 1. The van der Waals surface area contributed by atoms with Crippen molar-refractivity contribution in [1.29, 1.82) is 0 Å². The number of nitrogens with one attached hydrogen (secondary N) is 3. The van der Waals surface area contributed by atoms with Gasteiger partial charge in [-0.1, -0.05) is 37.3 Å². The number of nitrogens with zero attached hydrogens (tertiary/aromatic N) is 8. The second-order valence-electron chi connectivity index (χ2n) is 17.0. The summed E-state index contributed by atoms with van der Waals surface area (Å²) in [4.78, 5) is 82.6. The van der Waals surface area contributed by atoms with Crippen LogP contribution in [0.4, 0.5) is 11.4 Å². The maximum Gasteiger partial charge on any atom is 0.255 e. The first kappa shape index (κ1) is 41.4. The smallest absolute Gasteiger partial charge is 0.255 e. The molecule has 4 aromatic rings. The van der Waals surface area contributed by atoms with Crippen molar-refractivity contribution in [2.45, 2.75) is 44.4 Å². The summed E-state index contributed by atoms with van der Waals surface area (Å²) >= 11 is 0. The van der Waals surface area contributed by atoms with E-state index in [2.05, 4.69) is 47.0 Å². The normalized spacial score (nSPS) is 20.9. The average molecular weight is 850 g/mol. The quantitative estimate of drug-likeness (QED) is 0.102. The van der Waals surface area contributed by atoms with Crippen molar-refractivity contribution < 1.29 is 24.0 Å². The highest BCUT2D eigenvalue weighted by atomic mass is 16.2. The van der Waals surface area contributed by atoms with Gasteiger partial charge in [0.2, 0.25) is 11.8 Å². The lowest BCUT2D eigenvalue weighted by molar-refractivity contribution is -0.136. The van der Waals surface area contributed by atoms with Crippen LogP contribution in [0.25, 0.3) is 0 Å². The van der Waals surface area contributed by atoms with Crippen LogP contribution in [0.5, 0.6) is 0 Å². The summed E-state index contributed by atoms with van der Waals surface area (Å²) in [5.74, 6) is 0.136. The Hall–Kier alpha value is -6.94. The van der Waals surface area contributed by atoms with Crippen molar-refractivity contribution in [3.05, 3.63) is 131 Å². The fourth-order valence-electron chi connectivity index (χ4n) is 9.03. The van der Waals surface area contributed by atoms with Crippen LogP contribution in [0.2, 0.25) is 0 Å². The Morgan fingerprint density at radius 3 is 2.56 bits per heavy atom. The first-order valence-corrected chi connectivity index (χ1v) is 21.6. The number of likely N-dealkylation sites (N-methyl/N-ethyl adjacent to an activating group) is 1. The van der Waals surface area contributed by atoms with Gasteiger partial charge in [0.1, 0.15) is 24.2 Å². The number of carbonyl (C=O) groups is 5. The van der Waals surface area contributed by atoms with Gasteiger partial charge >= 0.3 is 0 Å². The fraction of sp³-hybridized carbons (Fsp3) is 0.362. The summed E-state index contributed by atoms with van der Waals surface area (Å²) in [5.41, 5.74) is 9.49. The van der Waals surface area contributed by atoms with Crippen LogP contribution in [-0.4, -0.2) is 136 Å². The lowest BCUT2D eigenvalue weighted by atomic mass is 9.95. The van der Waals surface area contributed by atoms with E-state index in [0.29, 0.717) is 42.1 Å². The van der Waals surface area contributed by atoms with Crippen LogP contribution >= 0.6 is 0 Å². The van der Waals surface area contributed by atoms with Gasteiger partial charge in [-0.15, -0.1) is 0 Å². The highest BCUT2D eigenvalue weighted by Gasteiger charge is 2.39. The summed E-state index contributed by atoms with van der Waals surface area (Å²) in [6.07, 6.45) is 7.16. The van der Waals surface area contributed by atoms with E-state index in [1.165, 1.54) is 6.33 Å². The molecule has 0 radical (unpaired) electrons. The van der Waals surface area contributed by atoms with Gasteiger partial charge in [0, 0.05) is 106 Å². The van der Waals surface area contributed by atoms with Crippen LogP contribution in [0.1, 0.15) is 73.6 Å². The van der Waals surface area contributed by atoms with Crippen LogP contribution in [0.15, 0.2) is 103 Å². The summed E-state index contributed by atoms with van der Waals surface area (Å²) < 4.78 is 0. The molecular weight excluding hydrogens is 799 g/mol. The van der Waals surface area contributed by atoms with E-state index in [-0.39, 0.29) is 42.0 Å². The molecule has 0 spiro atoms. The number of piperazine rings is 1. The number of ketones is 1. The third-order valence-electron chi connectivity index (χ3n) is 12.8. The van der Waals surface area contributed by atoms with Crippen molar-refractivity contribution in [1.82, 2.24) is 40.3 Å². The molecule has 0 bridgehead atoms. The number of amides is 4. The van der Waals surface area contributed by atoms with Crippen molar-refractivity contribution in [2.24, 2.45) is 11.0 Å². The Kier molecular flexibility index (Phi) is 11.7. The van der Waals surface area contributed by atoms with Gasteiger partial charge in [-0.2, -0.15) is 5.10 Å². The maximum atomic E-state index is 13.6. The molecule has 0 saturated carbocycles. The monoisotopic (exact) mass is 849 g/mol. The van der Waals surface area contributed by atoms with Crippen LogP contribution in [-0.2, 0) is 16.1 Å². The minimum atomic E-state index is -0.621. The molecule has 9 rings (SSSR count). The summed E-state index contributed by atoms with van der Waals surface area (Å²) in [6, 6.07) is 22.3. The molecule has 0 aliphatic carbocycles. The second kappa shape index (κ2) is 17.8. The first-order valence-electron chi connectivity index (χ1n) is 21.6. The lowest BCUT2D eigenvalue weighted by Crippen LogP contribution is -2.56. The number of imide groups is 1. The van der Waals surface area contributed by atoms with E-state index in [1.54, 1.807) is 23.2 Å². The third kappa shape index (κ3) is 8.89. The van der Waals surface area contributed by atoms with E-state index in [9.17, 15) is 24.0 Å². The highest BCUT2D eigenvalue weighted by molar-refractivity contribution is 6.06. The molecule has 63 heavy (non-hydrogen) atoms. The molecule has 6 heterocycles.